The number of benzene rings is 3. The molecule has 32 heavy (non-hydrogen) atoms. The molecule has 0 radical (unpaired) electrons. The average Bonchev–Trinajstić information content (AvgIpc) is 2.76. The van der Waals surface area contributed by atoms with Crippen molar-refractivity contribution >= 4 is 20.9 Å². The third-order valence-electron chi connectivity index (χ3n) is 5.16. The van der Waals surface area contributed by atoms with Gasteiger partial charge in [0, 0.05) is 11.8 Å². The number of alkyl halides is 3. The molecule has 1 aromatic heterocycles. The Labute approximate surface area is 183 Å². The minimum Gasteiger partial charge on any atom is -0.248 e. The van der Waals surface area contributed by atoms with Gasteiger partial charge in [-0.05, 0) is 41.8 Å². The van der Waals surface area contributed by atoms with Crippen LogP contribution in [0.4, 0.5) is 13.2 Å². The van der Waals surface area contributed by atoms with Crippen molar-refractivity contribution in [2.75, 3.05) is 6.26 Å². The number of sulfone groups is 1. The van der Waals surface area contributed by atoms with Crippen molar-refractivity contribution in [3.05, 3.63) is 78.0 Å². The van der Waals surface area contributed by atoms with E-state index < -0.39 is 21.6 Å². The maximum atomic E-state index is 13.4. The van der Waals surface area contributed by atoms with Gasteiger partial charge in [-0.3, -0.25) is 0 Å². The van der Waals surface area contributed by atoms with Crippen LogP contribution in [0.1, 0.15) is 18.2 Å². The number of nitrogens with zero attached hydrogens (tertiary/aromatic N) is 2. The third-order valence-corrected chi connectivity index (χ3v) is 6.27. The van der Waals surface area contributed by atoms with E-state index in [0.29, 0.717) is 17.8 Å². The topological polar surface area (TPSA) is 59.9 Å². The predicted octanol–water partition coefficient (Wildman–Crippen LogP) is 5.95. The SMILES string of the molecule is CCc1nc2c(C(F)(F)F)cccc2nc1-c1ccc(-c2cccc(S(C)(=O)=O)c2)cc1. The summed E-state index contributed by atoms with van der Waals surface area (Å²) in [6, 6.07) is 17.8. The molecule has 0 spiro atoms. The Kier molecular flexibility index (Phi) is 5.50. The van der Waals surface area contributed by atoms with Crippen LogP contribution in [-0.4, -0.2) is 24.6 Å². The average molecular weight is 456 g/mol. The zero-order valence-corrected chi connectivity index (χ0v) is 18.1. The predicted molar refractivity (Wildman–Crippen MR) is 118 cm³/mol. The van der Waals surface area contributed by atoms with Crippen molar-refractivity contribution in [3.63, 3.8) is 0 Å². The molecule has 8 heteroatoms. The van der Waals surface area contributed by atoms with E-state index in [2.05, 4.69) is 9.97 Å². The fraction of sp³-hybridized carbons (Fsp3) is 0.167. The normalized spacial score (nSPS) is 12.3. The first-order chi connectivity index (χ1) is 15.1. The molecule has 0 amide bonds. The lowest BCUT2D eigenvalue weighted by molar-refractivity contribution is -0.136. The largest absolute Gasteiger partial charge is 0.418 e. The maximum absolute atomic E-state index is 13.4. The number of para-hydroxylation sites is 1. The minimum atomic E-state index is -4.51. The molecule has 3 aromatic carbocycles. The maximum Gasteiger partial charge on any atom is 0.418 e. The van der Waals surface area contributed by atoms with E-state index in [4.69, 9.17) is 0 Å². The lowest BCUT2D eigenvalue weighted by atomic mass is 10.0. The van der Waals surface area contributed by atoms with Crippen LogP contribution in [-0.2, 0) is 22.4 Å². The van der Waals surface area contributed by atoms with Crippen molar-refractivity contribution in [1.82, 2.24) is 9.97 Å². The Bertz CT molecular complexity index is 1410. The van der Waals surface area contributed by atoms with Gasteiger partial charge in [-0.2, -0.15) is 13.2 Å². The Hall–Kier alpha value is -3.26. The van der Waals surface area contributed by atoms with Gasteiger partial charge in [-0.1, -0.05) is 49.4 Å². The fourth-order valence-corrected chi connectivity index (χ4v) is 4.21. The van der Waals surface area contributed by atoms with Gasteiger partial charge >= 0.3 is 6.18 Å². The van der Waals surface area contributed by atoms with Crippen molar-refractivity contribution in [3.8, 4) is 22.4 Å². The Morgan fingerprint density at radius 3 is 2.12 bits per heavy atom. The zero-order valence-electron chi connectivity index (χ0n) is 17.3. The van der Waals surface area contributed by atoms with Crippen molar-refractivity contribution in [2.45, 2.75) is 24.4 Å². The van der Waals surface area contributed by atoms with Gasteiger partial charge in [0.2, 0.25) is 0 Å². The van der Waals surface area contributed by atoms with Gasteiger partial charge in [0.05, 0.1) is 27.4 Å². The zero-order chi connectivity index (χ0) is 23.1. The molecule has 4 aromatic rings. The van der Waals surface area contributed by atoms with Gasteiger partial charge in [0.15, 0.2) is 9.84 Å². The van der Waals surface area contributed by atoms with Gasteiger partial charge < -0.3 is 0 Å². The van der Waals surface area contributed by atoms with Crippen molar-refractivity contribution in [2.24, 2.45) is 0 Å². The highest BCUT2D eigenvalue weighted by atomic mass is 32.2. The Morgan fingerprint density at radius 1 is 0.844 bits per heavy atom. The van der Waals surface area contributed by atoms with Crippen LogP contribution in [0.3, 0.4) is 0 Å². The molecule has 0 atom stereocenters. The summed E-state index contributed by atoms with van der Waals surface area (Å²) < 4.78 is 63.8. The van der Waals surface area contributed by atoms with E-state index in [0.717, 1.165) is 29.0 Å². The second-order valence-corrected chi connectivity index (χ2v) is 9.44. The summed E-state index contributed by atoms with van der Waals surface area (Å²) in [6.45, 7) is 1.82. The van der Waals surface area contributed by atoms with Crippen LogP contribution in [0.2, 0.25) is 0 Å². The molecule has 0 saturated carbocycles. The van der Waals surface area contributed by atoms with E-state index in [1.54, 1.807) is 18.2 Å². The molecule has 0 aliphatic carbocycles. The first kappa shape index (κ1) is 22.0. The highest BCUT2D eigenvalue weighted by Gasteiger charge is 2.33. The number of hydrogen-bond donors (Lipinski definition) is 0. The van der Waals surface area contributed by atoms with Crippen LogP contribution in [0.5, 0.6) is 0 Å². The van der Waals surface area contributed by atoms with Gasteiger partial charge in [0.1, 0.15) is 5.52 Å². The molecule has 164 valence electrons. The summed E-state index contributed by atoms with van der Waals surface area (Å²) in [6.07, 6.45) is -2.93. The van der Waals surface area contributed by atoms with E-state index in [1.165, 1.54) is 12.1 Å². The van der Waals surface area contributed by atoms with E-state index in [-0.39, 0.29) is 15.9 Å². The summed E-state index contributed by atoms with van der Waals surface area (Å²) in [5.74, 6) is 0. The minimum absolute atomic E-state index is 0.158. The molecule has 0 unspecified atom stereocenters. The highest BCUT2D eigenvalue weighted by Crippen LogP contribution is 2.35. The Morgan fingerprint density at radius 2 is 1.50 bits per heavy atom. The number of hydrogen-bond acceptors (Lipinski definition) is 4. The van der Waals surface area contributed by atoms with E-state index in [1.807, 2.05) is 37.3 Å². The van der Waals surface area contributed by atoms with E-state index >= 15 is 0 Å². The van der Waals surface area contributed by atoms with Crippen LogP contribution < -0.4 is 0 Å². The summed E-state index contributed by atoms with van der Waals surface area (Å²) in [5, 5.41) is 0. The van der Waals surface area contributed by atoms with Crippen molar-refractivity contribution < 1.29 is 21.6 Å². The molecule has 4 nitrogen and oxygen atoms in total. The first-order valence-electron chi connectivity index (χ1n) is 9.85. The van der Waals surface area contributed by atoms with Crippen LogP contribution in [0.15, 0.2) is 71.6 Å². The molecule has 0 N–H and O–H groups in total. The smallest absolute Gasteiger partial charge is 0.248 e. The highest BCUT2D eigenvalue weighted by molar-refractivity contribution is 7.90. The molecular formula is C24H19F3N2O2S. The Balaban J connectivity index is 1.79. The number of aromatic nitrogens is 2. The number of rotatable bonds is 4. The third kappa shape index (κ3) is 4.23. The van der Waals surface area contributed by atoms with Crippen molar-refractivity contribution in [1.29, 1.82) is 0 Å². The van der Waals surface area contributed by atoms with Crippen LogP contribution in [0.25, 0.3) is 33.4 Å². The standard InChI is InChI=1S/C24H19F3N2O2S/c1-3-20-22(29-21-9-5-8-19(23(21)28-20)24(25,26)27)16-12-10-15(11-13-16)17-6-4-7-18(14-17)32(2,30)31/h4-14H,3H2,1-2H3. The number of fused-ring (bicyclic) bond motifs is 1. The first-order valence-corrected chi connectivity index (χ1v) is 11.7. The number of halogens is 3. The van der Waals surface area contributed by atoms with Crippen LogP contribution >= 0.6 is 0 Å². The summed E-state index contributed by atoms with van der Waals surface area (Å²) >= 11 is 0. The van der Waals surface area contributed by atoms with Gasteiger partial charge in [-0.15, -0.1) is 0 Å². The molecule has 1 heterocycles. The molecule has 0 aliphatic rings. The fourth-order valence-electron chi connectivity index (χ4n) is 3.55. The summed E-state index contributed by atoms with van der Waals surface area (Å²) in [7, 11) is -3.33. The summed E-state index contributed by atoms with van der Waals surface area (Å²) in [4.78, 5) is 9.03. The lowest BCUT2D eigenvalue weighted by Gasteiger charge is -2.13. The second kappa shape index (κ2) is 8.02. The van der Waals surface area contributed by atoms with Gasteiger partial charge in [0.25, 0.3) is 0 Å². The van der Waals surface area contributed by atoms with Gasteiger partial charge in [-0.25, -0.2) is 18.4 Å². The molecule has 0 aliphatic heterocycles. The molecule has 0 saturated heterocycles. The second-order valence-electron chi connectivity index (χ2n) is 7.42. The number of aryl methyl sites for hydroxylation is 1. The van der Waals surface area contributed by atoms with Crippen LogP contribution in [0, 0.1) is 0 Å². The van der Waals surface area contributed by atoms with E-state index in [9.17, 15) is 21.6 Å². The monoisotopic (exact) mass is 456 g/mol. The molecule has 4 rings (SSSR count). The molecule has 0 fully saturated rings. The molecular weight excluding hydrogens is 437 g/mol. The lowest BCUT2D eigenvalue weighted by Crippen LogP contribution is -2.08. The summed E-state index contributed by atoms with van der Waals surface area (Å²) in [5.41, 5.74) is 2.49. The quantitative estimate of drug-likeness (QED) is 0.381. The molecule has 0 bridgehead atoms.